The molecule has 0 saturated carbocycles. The van der Waals surface area contributed by atoms with Gasteiger partial charge in [-0.15, -0.1) is 0 Å². The molecule has 3 heteroatoms. The van der Waals surface area contributed by atoms with Gasteiger partial charge in [0.1, 0.15) is 0 Å². The van der Waals surface area contributed by atoms with E-state index < -0.39 is 12.1 Å². The molecule has 3 nitrogen and oxygen atoms in total. The molecule has 0 spiro atoms. The number of hydrogen-bond acceptors (Lipinski definition) is 2. The number of carboxylic acids is 1. The molecule has 0 aliphatic heterocycles. The quantitative estimate of drug-likeness (QED) is 0.498. The Morgan fingerprint density at radius 3 is 1.89 bits per heavy atom. The molecule has 0 aromatic carbocycles. The van der Waals surface area contributed by atoms with Crippen LogP contribution >= 0.6 is 0 Å². The second kappa shape index (κ2) is 12.9. The van der Waals surface area contributed by atoms with Crippen LogP contribution in [0, 0.1) is 0 Å². The fourth-order valence-corrected chi connectivity index (χ4v) is 2.12. The minimum absolute atomic E-state index is 0.481. The number of unbranched alkanes of at least 4 members (excludes halogenated alkanes) is 8. The van der Waals surface area contributed by atoms with Crippen molar-refractivity contribution in [3.63, 3.8) is 0 Å². The van der Waals surface area contributed by atoms with Gasteiger partial charge in [-0.25, -0.2) is 4.79 Å². The van der Waals surface area contributed by atoms with Crippen molar-refractivity contribution < 1.29 is 14.6 Å². The average molecular weight is 258 g/mol. The molecule has 0 aliphatic rings. The van der Waals surface area contributed by atoms with Crippen molar-refractivity contribution in [2.45, 2.75) is 84.2 Å². The Hall–Kier alpha value is -0.570. The molecule has 0 bridgehead atoms. The molecule has 1 atom stereocenters. The zero-order chi connectivity index (χ0) is 13.6. The van der Waals surface area contributed by atoms with Crippen LogP contribution in [-0.2, 0) is 9.53 Å². The minimum atomic E-state index is -0.823. The monoisotopic (exact) mass is 258 g/mol. The third kappa shape index (κ3) is 10.6. The maximum Gasteiger partial charge on any atom is 0.332 e. The topological polar surface area (TPSA) is 46.5 Å². The third-order valence-electron chi connectivity index (χ3n) is 3.21. The number of carbonyl (C=O) groups is 1. The van der Waals surface area contributed by atoms with Crippen molar-refractivity contribution in [1.29, 1.82) is 0 Å². The van der Waals surface area contributed by atoms with Crippen LogP contribution in [0.5, 0.6) is 0 Å². The first kappa shape index (κ1) is 17.4. The lowest BCUT2D eigenvalue weighted by Gasteiger charge is -2.11. The second-order valence-electron chi connectivity index (χ2n) is 4.90. The SMILES string of the molecule is CCCCCCCCCCCC(OCC)C(=O)O. The molecular weight excluding hydrogens is 228 g/mol. The molecule has 0 radical (unpaired) electrons. The number of aliphatic carboxylic acids is 1. The predicted molar refractivity (Wildman–Crippen MR) is 74.9 cm³/mol. The lowest BCUT2D eigenvalue weighted by atomic mass is 10.1. The number of hydrogen-bond donors (Lipinski definition) is 1. The smallest absolute Gasteiger partial charge is 0.332 e. The van der Waals surface area contributed by atoms with Gasteiger partial charge in [0.05, 0.1) is 0 Å². The summed E-state index contributed by atoms with van der Waals surface area (Å²) in [5.41, 5.74) is 0. The summed E-state index contributed by atoms with van der Waals surface area (Å²) in [7, 11) is 0. The minimum Gasteiger partial charge on any atom is -0.479 e. The van der Waals surface area contributed by atoms with Crippen molar-refractivity contribution in [2.24, 2.45) is 0 Å². The Balaban J connectivity index is 3.30. The van der Waals surface area contributed by atoms with Crippen LogP contribution in [0.2, 0.25) is 0 Å². The van der Waals surface area contributed by atoms with Gasteiger partial charge in [0.15, 0.2) is 6.10 Å². The van der Waals surface area contributed by atoms with E-state index in [1.807, 2.05) is 6.92 Å². The van der Waals surface area contributed by atoms with Gasteiger partial charge in [0.25, 0.3) is 0 Å². The van der Waals surface area contributed by atoms with Crippen molar-refractivity contribution in [1.82, 2.24) is 0 Å². The maximum atomic E-state index is 10.8. The van der Waals surface area contributed by atoms with E-state index in [-0.39, 0.29) is 0 Å². The first-order valence-electron chi connectivity index (χ1n) is 7.56. The second-order valence-corrected chi connectivity index (χ2v) is 4.90. The number of rotatable bonds is 13. The molecule has 0 saturated heterocycles. The molecule has 1 N–H and O–H groups in total. The third-order valence-corrected chi connectivity index (χ3v) is 3.21. The van der Waals surface area contributed by atoms with Crippen LogP contribution in [0.1, 0.15) is 78.1 Å². The van der Waals surface area contributed by atoms with Gasteiger partial charge in [-0.1, -0.05) is 64.7 Å². The van der Waals surface area contributed by atoms with Crippen LogP contribution in [-0.4, -0.2) is 23.8 Å². The summed E-state index contributed by atoms with van der Waals surface area (Å²) in [4.78, 5) is 10.8. The lowest BCUT2D eigenvalue weighted by Crippen LogP contribution is -2.23. The van der Waals surface area contributed by atoms with E-state index in [4.69, 9.17) is 9.84 Å². The number of ether oxygens (including phenoxy) is 1. The molecule has 0 heterocycles. The fraction of sp³-hybridized carbons (Fsp3) is 0.933. The van der Waals surface area contributed by atoms with Gasteiger partial charge in [-0.2, -0.15) is 0 Å². The van der Waals surface area contributed by atoms with Crippen LogP contribution in [0.3, 0.4) is 0 Å². The van der Waals surface area contributed by atoms with Crippen molar-refractivity contribution in [3.05, 3.63) is 0 Å². The van der Waals surface area contributed by atoms with Gasteiger partial charge in [-0.05, 0) is 13.3 Å². The Morgan fingerprint density at radius 1 is 0.944 bits per heavy atom. The molecule has 0 aliphatic carbocycles. The largest absolute Gasteiger partial charge is 0.479 e. The van der Waals surface area contributed by atoms with Crippen molar-refractivity contribution in [3.8, 4) is 0 Å². The van der Waals surface area contributed by atoms with Gasteiger partial charge < -0.3 is 9.84 Å². The molecule has 0 aromatic heterocycles. The summed E-state index contributed by atoms with van der Waals surface area (Å²) in [5, 5.41) is 8.90. The average Bonchev–Trinajstić information content (AvgIpc) is 2.35. The standard InChI is InChI=1S/C15H30O3/c1-3-5-6-7-8-9-10-11-12-13-14(15(16)17)18-4-2/h14H,3-13H2,1-2H3,(H,16,17). The first-order valence-corrected chi connectivity index (χ1v) is 7.56. The van der Waals surface area contributed by atoms with Crippen molar-refractivity contribution >= 4 is 5.97 Å². The molecule has 108 valence electrons. The molecule has 18 heavy (non-hydrogen) atoms. The molecule has 0 fully saturated rings. The van der Waals surface area contributed by atoms with Gasteiger partial charge in [0.2, 0.25) is 0 Å². The summed E-state index contributed by atoms with van der Waals surface area (Å²) in [6.45, 7) is 4.55. The predicted octanol–water partition coefficient (Wildman–Crippen LogP) is 4.40. The highest BCUT2D eigenvalue weighted by Gasteiger charge is 2.16. The van der Waals surface area contributed by atoms with E-state index in [0.29, 0.717) is 13.0 Å². The Bertz CT molecular complexity index is 192. The van der Waals surface area contributed by atoms with Crippen molar-refractivity contribution in [2.75, 3.05) is 6.61 Å². The van der Waals surface area contributed by atoms with E-state index >= 15 is 0 Å². The summed E-state index contributed by atoms with van der Waals surface area (Å²) in [6, 6.07) is 0. The highest BCUT2D eigenvalue weighted by atomic mass is 16.5. The van der Waals surface area contributed by atoms with E-state index in [9.17, 15) is 4.79 Å². The van der Waals surface area contributed by atoms with E-state index in [1.165, 1.54) is 44.9 Å². The zero-order valence-electron chi connectivity index (χ0n) is 12.1. The van der Waals surface area contributed by atoms with Gasteiger partial charge >= 0.3 is 5.97 Å². The number of carboxylic acid groups (broad SMARTS) is 1. The fourth-order valence-electron chi connectivity index (χ4n) is 2.12. The van der Waals surface area contributed by atoms with E-state index in [2.05, 4.69) is 6.92 Å². The van der Waals surface area contributed by atoms with E-state index in [0.717, 1.165) is 12.8 Å². The Kier molecular flexibility index (Phi) is 12.5. The highest BCUT2D eigenvalue weighted by molar-refractivity contribution is 5.72. The molecular formula is C15H30O3. The van der Waals surface area contributed by atoms with Crippen LogP contribution in [0.4, 0.5) is 0 Å². The van der Waals surface area contributed by atoms with E-state index in [1.54, 1.807) is 0 Å². The molecule has 0 aromatic rings. The van der Waals surface area contributed by atoms with Crippen LogP contribution in [0.25, 0.3) is 0 Å². The zero-order valence-corrected chi connectivity index (χ0v) is 12.1. The molecule has 0 amide bonds. The Morgan fingerprint density at radius 2 is 1.44 bits per heavy atom. The van der Waals surface area contributed by atoms with Gasteiger partial charge in [-0.3, -0.25) is 0 Å². The first-order chi connectivity index (χ1) is 8.72. The normalized spacial score (nSPS) is 12.6. The van der Waals surface area contributed by atoms with Crippen LogP contribution < -0.4 is 0 Å². The maximum absolute atomic E-state index is 10.8. The summed E-state index contributed by atoms with van der Waals surface area (Å²) >= 11 is 0. The van der Waals surface area contributed by atoms with Gasteiger partial charge in [0, 0.05) is 6.61 Å². The Labute approximate surface area is 112 Å². The van der Waals surface area contributed by atoms with Crippen LogP contribution in [0.15, 0.2) is 0 Å². The summed E-state index contributed by atoms with van der Waals surface area (Å²) < 4.78 is 5.18. The molecule has 0 rings (SSSR count). The lowest BCUT2D eigenvalue weighted by molar-refractivity contribution is -0.150. The molecule has 1 unspecified atom stereocenters. The summed E-state index contributed by atoms with van der Waals surface area (Å²) in [5.74, 6) is -0.823. The summed E-state index contributed by atoms with van der Waals surface area (Å²) in [6.07, 6.45) is 11.4. The highest BCUT2D eigenvalue weighted by Crippen LogP contribution is 2.12.